The first-order valence-corrected chi connectivity index (χ1v) is 7.56. The van der Waals surface area contributed by atoms with Crippen molar-refractivity contribution in [2.24, 2.45) is 0 Å². The second-order valence-electron chi connectivity index (χ2n) is 4.15. The van der Waals surface area contributed by atoms with Crippen LogP contribution in [0.5, 0.6) is 0 Å². The summed E-state index contributed by atoms with van der Waals surface area (Å²) in [5.74, 6) is -1.48. The van der Waals surface area contributed by atoms with Crippen molar-refractivity contribution in [3.8, 4) is 0 Å². The number of carbonyl (C=O) groups is 3. The molecule has 0 aromatic heterocycles. The van der Waals surface area contributed by atoms with Gasteiger partial charge in [-0.15, -0.1) is 0 Å². The molecule has 2 unspecified atom stereocenters. The highest BCUT2D eigenvalue weighted by Gasteiger charge is 2.10. The van der Waals surface area contributed by atoms with Gasteiger partial charge in [-0.3, -0.25) is 19.1 Å². The molecule has 3 amide bonds. The lowest BCUT2D eigenvalue weighted by Gasteiger charge is -2.09. The molecule has 0 aliphatic rings. The second kappa shape index (κ2) is 9.48. The van der Waals surface area contributed by atoms with Crippen LogP contribution >= 0.6 is 0 Å². The third kappa shape index (κ3) is 10.2. The molecule has 0 aromatic carbocycles. The van der Waals surface area contributed by atoms with E-state index in [0.717, 1.165) is 0 Å². The van der Waals surface area contributed by atoms with Crippen LogP contribution in [0.15, 0.2) is 0 Å². The molecule has 8 heteroatoms. The minimum atomic E-state index is -0.973. The van der Waals surface area contributed by atoms with Gasteiger partial charge in [-0.2, -0.15) is 0 Å². The maximum atomic E-state index is 11.3. The van der Waals surface area contributed by atoms with E-state index in [9.17, 15) is 18.6 Å². The Hall–Kier alpha value is -1.44. The van der Waals surface area contributed by atoms with Crippen molar-refractivity contribution < 1.29 is 23.7 Å². The molecule has 110 valence electrons. The first kappa shape index (κ1) is 17.6. The smallest absolute Gasteiger partial charge is 0.321 e. The summed E-state index contributed by atoms with van der Waals surface area (Å²) < 4.78 is 11.1. The first-order valence-electron chi connectivity index (χ1n) is 5.94. The third-order valence-corrected chi connectivity index (χ3v) is 3.82. The molecule has 0 heterocycles. The van der Waals surface area contributed by atoms with E-state index in [1.807, 2.05) is 6.92 Å². The van der Waals surface area contributed by atoms with Gasteiger partial charge in [0.05, 0.1) is 0 Å². The van der Waals surface area contributed by atoms with E-state index >= 15 is 0 Å². The van der Waals surface area contributed by atoms with E-state index < -0.39 is 28.7 Å². The topological polar surface area (TPSA) is 113 Å². The van der Waals surface area contributed by atoms with Crippen molar-refractivity contribution in [3.63, 3.8) is 0 Å². The van der Waals surface area contributed by atoms with E-state index in [1.165, 1.54) is 0 Å². The van der Waals surface area contributed by atoms with Crippen molar-refractivity contribution in [1.82, 2.24) is 10.6 Å². The van der Waals surface area contributed by atoms with Crippen molar-refractivity contribution in [2.45, 2.75) is 37.9 Å². The van der Waals surface area contributed by atoms with Crippen LogP contribution in [0, 0.1) is 0 Å². The third-order valence-electron chi connectivity index (χ3n) is 2.45. The molecule has 0 aromatic rings. The summed E-state index contributed by atoms with van der Waals surface area (Å²) in [5.41, 5.74) is 0. The molecule has 0 aliphatic heterocycles. The summed E-state index contributed by atoms with van der Waals surface area (Å²) in [7, 11) is -0.939. The number of urea groups is 1. The SMILES string of the molecule is CC(CCNC(=O)NC(=O)CCCC(=O)O)S(C)=O. The van der Waals surface area contributed by atoms with Gasteiger partial charge in [0.15, 0.2) is 0 Å². The summed E-state index contributed by atoms with van der Waals surface area (Å²) in [6, 6.07) is -0.616. The maximum Gasteiger partial charge on any atom is 0.321 e. The lowest BCUT2D eigenvalue weighted by Crippen LogP contribution is -2.40. The van der Waals surface area contributed by atoms with E-state index in [-0.39, 0.29) is 24.5 Å². The lowest BCUT2D eigenvalue weighted by atomic mass is 10.2. The number of carboxylic acid groups (broad SMARTS) is 1. The number of imide groups is 1. The van der Waals surface area contributed by atoms with Crippen LogP contribution in [-0.2, 0) is 20.4 Å². The lowest BCUT2D eigenvalue weighted by molar-refractivity contribution is -0.137. The molecule has 0 saturated heterocycles. The van der Waals surface area contributed by atoms with Gasteiger partial charge in [-0.05, 0) is 12.8 Å². The summed E-state index contributed by atoms with van der Waals surface area (Å²) in [5, 5.41) is 12.9. The molecule has 7 nitrogen and oxygen atoms in total. The largest absolute Gasteiger partial charge is 0.481 e. The van der Waals surface area contributed by atoms with Crippen LogP contribution in [-0.4, -0.2) is 45.3 Å². The monoisotopic (exact) mass is 292 g/mol. The fourth-order valence-electron chi connectivity index (χ4n) is 1.19. The highest BCUT2D eigenvalue weighted by molar-refractivity contribution is 7.84. The maximum absolute atomic E-state index is 11.3. The minimum absolute atomic E-state index is 0.00486. The van der Waals surface area contributed by atoms with Crippen LogP contribution in [0.1, 0.15) is 32.6 Å². The molecule has 0 radical (unpaired) electrons. The van der Waals surface area contributed by atoms with Gasteiger partial charge >= 0.3 is 12.0 Å². The highest BCUT2D eigenvalue weighted by Crippen LogP contribution is 1.97. The average Bonchev–Trinajstić information content (AvgIpc) is 2.27. The predicted molar refractivity (Wildman–Crippen MR) is 71.2 cm³/mol. The Labute approximate surface area is 114 Å². The summed E-state index contributed by atoms with van der Waals surface area (Å²) >= 11 is 0. The summed E-state index contributed by atoms with van der Waals surface area (Å²) in [6.07, 6.45) is 2.24. The zero-order valence-corrected chi connectivity index (χ0v) is 11.9. The van der Waals surface area contributed by atoms with Gasteiger partial charge in [0.2, 0.25) is 5.91 Å². The fraction of sp³-hybridized carbons (Fsp3) is 0.727. The van der Waals surface area contributed by atoms with E-state index in [0.29, 0.717) is 13.0 Å². The molecule has 0 saturated carbocycles. The predicted octanol–water partition coefficient (Wildman–Crippen LogP) is 0.224. The Balaban J connectivity index is 3.71. The first-order chi connectivity index (χ1) is 8.82. The average molecular weight is 292 g/mol. The number of rotatable bonds is 8. The van der Waals surface area contributed by atoms with Crippen LogP contribution in [0.25, 0.3) is 0 Å². The number of aliphatic carboxylic acids is 1. The standard InChI is InChI=1S/C11H20N2O5S/c1-8(19(2)18)6-7-12-11(17)13-9(14)4-3-5-10(15)16/h8H,3-7H2,1-2H3,(H,15,16)(H2,12,13,14,17). The molecule has 2 atom stereocenters. The van der Waals surface area contributed by atoms with Gasteiger partial charge in [0.25, 0.3) is 0 Å². The number of amides is 3. The van der Waals surface area contributed by atoms with Gasteiger partial charge in [0, 0.05) is 41.7 Å². The normalized spacial score (nSPS) is 13.4. The summed E-state index contributed by atoms with van der Waals surface area (Å²) in [4.78, 5) is 32.7. The van der Waals surface area contributed by atoms with E-state index in [4.69, 9.17) is 5.11 Å². The molecule has 19 heavy (non-hydrogen) atoms. The van der Waals surface area contributed by atoms with Crippen LogP contribution < -0.4 is 10.6 Å². The molecule has 0 aliphatic carbocycles. The van der Waals surface area contributed by atoms with Crippen LogP contribution in [0.3, 0.4) is 0 Å². The van der Waals surface area contributed by atoms with Crippen molar-refractivity contribution in [1.29, 1.82) is 0 Å². The van der Waals surface area contributed by atoms with Crippen LogP contribution in [0.2, 0.25) is 0 Å². The Morgan fingerprint density at radius 1 is 1.26 bits per heavy atom. The number of carboxylic acids is 1. The summed E-state index contributed by atoms with van der Waals surface area (Å²) in [6.45, 7) is 2.14. The van der Waals surface area contributed by atoms with Crippen LogP contribution in [0.4, 0.5) is 4.79 Å². The molecule has 3 N–H and O–H groups in total. The van der Waals surface area contributed by atoms with Gasteiger partial charge in [-0.25, -0.2) is 4.79 Å². The number of nitrogens with one attached hydrogen (secondary N) is 2. The Bertz CT molecular complexity index is 359. The van der Waals surface area contributed by atoms with Crippen molar-refractivity contribution in [2.75, 3.05) is 12.8 Å². The Morgan fingerprint density at radius 2 is 1.89 bits per heavy atom. The van der Waals surface area contributed by atoms with Crippen molar-refractivity contribution in [3.05, 3.63) is 0 Å². The number of hydrogen-bond acceptors (Lipinski definition) is 4. The molecule has 0 rings (SSSR count). The Morgan fingerprint density at radius 3 is 2.42 bits per heavy atom. The number of hydrogen-bond donors (Lipinski definition) is 3. The highest BCUT2D eigenvalue weighted by atomic mass is 32.2. The zero-order chi connectivity index (χ0) is 14.8. The molecular weight excluding hydrogens is 272 g/mol. The molecule has 0 spiro atoms. The van der Waals surface area contributed by atoms with Gasteiger partial charge in [0.1, 0.15) is 0 Å². The quantitative estimate of drug-likeness (QED) is 0.592. The second-order valence-corrected chi connectivity index (χ2v) is 5.95. The Kier molecular flexibility index (Phi) is 8.77. The van der Waals surface area contributed by atoms with Gasteiger partial charge < -0.3 is 10.4 Å². The molecule has 0 bridgehead atoms. The number of carbonyl (C=O) groups excluding carboxylic acids is 2. The molecule has 0 fully saturated rings. The van der Waals surface area contributed by atoms with E-state index in [2.05, 4.69) is 10.6 Å². The fourth-order valence-corrected chi connectivity index (χ4v) is 1.64. The minimum Gasteiger partial charge on any atom is -0.481 e. The van der Waals surface area contributed by atoms with Crippen molar-refractivity contribution >= 4 is 28.7 Å². The van der Waals surface area contributed by atoms with Gasteiger partial charge in [-0.1, -0.05) is 6.92 Å². The molecular formula is C11H20N2O5S. The van der Waals surface area contributed by atoms with E-state index in [1.54, 1.807) is 6.26 Å². The zero-order valence-electron chi connectivity index (χ0n) is 11.1.